The van der Waals surface area contributed by atoms with E-state index in [1.807, 2.05) is 25.1 Å². The molecule has 0 radical (unpaired) electrons. The number of thioether (sulfide) groups is 1. The van der Waals surface area contributed by atoms with Crippen LogP contribution in [-0.4, -0.2) is 29.0 Å². The summed E-state index contributed by atoms with van der Waals surface area (Å²) >= 11 is 1.43. The fraction of sp³-hybridized carbons (Fsp3) is 0.400. The first-order valence-electron chi connectivity index (χ1n) is 6.68. The summed E-state index contributed by atoms with van der Waals surface area (Å²) in [6.07, 6.45) is 0. The van der Waals surface area contributed by atoms with Crippen molar-refractivity contribution < 1.29 is 4.74 Å². The molecule has 2 aromatic rings. The first-order valence-corrected chi connectivity index (χ1v) is 7.67. The SMILES string of the molecule is COCCn1c(SC[C@H](C)C#N)nc2ccccc2c1=O. The molecular formula is C15H17N3O2S. The highest BCUT2D eigenvalue weighted by Gasteiger charge is 2.12. The molecule has 0 unspecified atom stereocenters. The Labute approximate surface area is 127 Å². The van der Waals surface area contributed by atoms with Gasteiger partial charge in [0.05, 0.1) is 36.0 Å². The van der Waals surface area contributed by atoms with Gasteiger partial charge in [-0.1, -0.05) is 23.9 Å². The number of nitrogens with zero attached hydrogens (tertiary/aromatic N) is 3. The van der Waals surface area contributed by atoms with Crippen LogP contribution in [0, 0.1) is 17.2 Å². The first kappa shape index (κ1) is 15.5. The molecule has 0 aliphatic heterocycles. The second kappa shape index (κ2) is 7.25. The van der Waals surface area contributed by atoms with Crippen molar-refractivity contribution in [3.63, 3.8) is 0 Å². The molecule has 5 nitrogen and oxygen atoms in total. The van der Waals surface area contributed by atoms with Crippen LogP contribution in [0.4, 0.5) is 0 Å². The van der Waals surface area contributed by atoms with Crippen LogP contribution in [0.15, 0.2) is 34.2 Å². The lowest BCUT2D eigenvalue weighted by Crippen LogP contribution is -2.25. The molecule has 0 saturated carbocycles. The van der Waals surface area contributed by atoms with E-state index in [-0.39, 0.29) is 11.5 Å². The van der Waals surface area contributed by atoms with Gasteiger partial charge in [0, 0.05) is 12.9 Å². The lowest BCUT2D eigenvalue weighted by atomic mass is 10.2. The summed E-state index contributed by atoms with van der Waals surface area (Å²) in [6.45, 7) is 2.75. The maximum absolute atomic E-state index is 12.6. The van der Waals surface area contributed by atoms with E-state index in [2.05, 4.69) is 11.1 Å². The van der Waals surface area contributed by atoms with Gasteiger partial charge in [-0.05, 0) is 19.1 Å². The van der Waals surface area contributed by atoms with E-state index < -0.39 is 0 Å². The Morgan fingerprint density at radius 2 is 2.24 bits per heavy atom. The summed E-state index contributed by atoms with van der Waals surface area (Å²) in [7, 11) is 1.60. The summed E-state index contributed by atoms with van der Waals surface area (Å²) in [5.41, 5.74) is 0.619. The minimum atomic E-state index is -0.0887. The molecule has 1 heterocycles. The van der Waals surface area contributed by atoms with Gasteiger partial charge in [-0.15, -0.1) is 0 Å². The molecule has 1 aromatic carbocycles. The average molecular weight is 303 g/mol. The number of rotatable bonds is 6. The zero-order valence-electron chi connectivity index (χ0n) is 12.1. The number of hydrogen-bond donors (Lipinski definition) is 0. The van der Waals surface area contributed by atoms with E-state index in [0.29, 0.717) is 35.0 Å². The number of benzene rings is 1. The zero-order valence-corrected chi connectivity index (χ0v) is 12.9. The summed E-state index contributed by atoms with van der Waals surface area (Å²) in [4.78, 5) is 17.1. The standard InChI is InChI=1S/C15H17N3O2S/c1-11(9-16)10-21-15-17-13-6-4-3-5-12(13)14(19)18(15)7-8-20-2/h3-6,11H,7-8,10H2,1-2H3/t11-/m1/s1. The van der Waals surface area contributed by atoms with Gasteiger partial charge in [0.25, 0.3) is 5.56 Å². The molecule has 110 valence electrons. The molecule has 0 amide bonds. The summed E-state index contributed by atoms with van der Waals surface area (Å²) in [5, 5.41) is 10.1. The molecular weight excluding hydrogens is 286 g/mol. The van der Waals surface area contributed by atoms with E-state index in [1.54, 1.807) is 17.7 Å². The highest BCUT2D eigenvalue weighted by molar-refractivity contribution is 7.99. The number of nitriles is 1. The molecule has 6 heteroatoms. The summed E-state index contributed by atoms with van der Waals surface area (Å²) in [6, 6.07) is 9.49. The van der Waals surface area contributed by atoms with Crippen molar-refractivity contribution in [3.05, 3.63) is 34.6 Å². The highest BCUT2D eigenvalue weighted by atomic mass is 32.2. The third kappa shape index (κ3) is 3.63. The number of hydrogen-bond acceptors (Lipinski definition) is 5. The van der Waals surface area contributed by atoms with Crippen LogP contribution in [0.1, 0.15) is 6.92 Å². The maximum atomic E-state index is 12.6. The van der Waals surface area contributed by atoms with Crippen molar-refractivity contribution in [2.75, 3.05) is 19.5 Å². The number of methoxy groups -OCH3 is 1. The van der Waals surface area contributed by atoms with Gasteiger partial charge in [0.15, 0.2) is 5.16 Å². The van der Waals surface area contributed by atoms with Gasteiger partial charge >= 0.3 is 0 Å². The van der Waals surface area contributed by atoms with Crippen LogP contribution in [0.2, 0.25) is 0 Å². The predicted octanol–water partition coefficient (Wildman–Crippen LogP) is 2.29. The van der Waals surface area contributed by atoms with Crippen LogP contribution >= 0.6 is 11.8 Å². The van der Waals surface area contributed by atoms with Crippen LogP contribution in [-0.2, 0) is 11.3 Å². The fourth-order valence-corrected chi connectivity index (χ4v) is 2.84. The summed E-state index contributed by atoms with van der Waals surface area (Å²) in [5.74, 6) is 0.517. The lowest BCUT2D eigenvalue weighted by Gasteiger charge is -2.13. The van der Waals surface area contributed by atoms with Crippen LogP contribution < -0.4 is 5.56 Å². The fourth-order valence-electron chi connectivity index (χ4n) is 1.87. The van der Waals surface area contributed by atoms with E-state index in [1.165, 1.54) is 11.8 Å². The Kier molecular flexibility index (Phi) is 5.37. The van der Waals surface area contributed by atoms with Gasteiger partial charge in [0.1, 0.15) is 0 Å². The molecule has 1 aromatic heterocycles. The van der Waals surface area contributed by atoms with Crippen LogP contribution in [0.5, 0.6) is 0 Å². The highest BCUT2D eigenvalue weighted by Crippen LogP contribution is 2.20. The predicted molar refractivity (Wildman–Crippen MR) is 83.4 cm³/mol. The van der Waals surface area contributed by atoms with E-state index >= 15 is 0 Å². The Morgan fingerprint density at radius 1 is 1.48 bits per heavy atom. The molecule has 0 aliphatic rings. The number of para-hydroxylation sites is 1. The molecule has 0 bridgehead atoms. The number of ether oxygens (including phenoxy) is 1. The second-order valence-electron chi connectivity index (χ2n) is 4.70. The first-order chi connectivity index (χ1) is 10.2. The Bertz CT molecular complexity index is 721. The smallest absolute Gasteiger partial charge is 0.262 e. The molecule has 1 atom stereocenters. The number of fused-ring (bicyclic) bond motifs is 1. The molecule has 2 rings (SSSR count). The molecule has 0 saturated heterocycles. The molecule has 0 N–H and O–H groups in total. The quantitative estimate of drug-likeness (QED) is 0.605. The molecule has 0 fully saturated rings. The minimum Gasteiger partial charge on any atom is -0.383 e. The van der Waals surface area contributed by atoms with Crippen LogP contribution in [0.3, 0.4) is 0 Å². The van der Waals surface area contributed by atoms with Gasteiger partial charge in [0.2, 0.25) is 0 Å². The third-order valence-corrected chi connectivity index (χ3v) is 4.26. The number of aromatic nitrogens is 2. The lowest BCUT2D eigenvalue weighted by molar-refractivity contribution is 0.183. The van der Waals surface area contributed by atoms with Crippen LogP contribution in [0.25, 0.3) is 10.9 Å². The zero-order chi connectivity index (χ0) is 15.2. The molecule has 21 heavy (non-hydrogen) atoms. The Balaban J connectivity index is 2.45. The van der Waals surface area contributed by atoms with E-state index in [0.717, 1.165) is 0 Å². The van der Waals surface area contributed by atoms with Crippen molar-refractivity contribution >= 4 is 22.7 Å². The second-order valence-corrected chi connectivity index (χ2v) is 5.69. The maximum Gasteiger partial charge on any atom is 0.262 e. The van der Waals surface area contributed by atoms with E-state index in [9.17, 15) is 4.79 Å². The largest absolute Gasteiger partial charge is 0.383 e. The van der Waals surface area contributed by atoms with Crippen molar-refractivity contribution in [1.82, 2.24) is 9.55 Å². The minimum absolute atomic E-state index is 0.0650. The van der Waals surface area contributed by atoms with Gasteiger partial charge in [-0.2, -0.15) is 5.26 Å². The van der Waals surface area contributed by atoms with Gasteiger partial charge in [-0.3, -0.25) is 9.36 Å². The van der Waals surface area contributed by atoms with E-state index in [4.69, 9.17) is 10.00 Å². The Morgan fingerprint density at radius 3 is 2.95 bits per heavy atom. The average Bonchev–Trinajstić information content (AvgIpc) is 2.52. The third-order valence-electron chi connectivity index (χ3n) is 3.03. The van der Waals surface area contributed by atoms with Gasteiger partial charge < -0.3 is 4.74 Å². The van der Waals surface area contributed by atoms with Crippen molar-refractivity contribution in [1.29, 1.82) is 5.26 Å². The van der Waals surface area contributed by atoms with Crippen molar-refractivity contribution in [2.24, 2.45) is 5.92 Å². The molecule has 0 spiro atoms. The summed E-state index contributed by atoms with van der Waals surface area (Å²) < 4.78 is 6.69. The van der Waals surface area contributed by atoms with Gasteiger partial charge in [-0.25, -0.2) is 4.98 Å². The van der Waals surface area contributed by atoms with Crippen molar-refractivity contribution in [3.8, 4) is 6.07 Å². The monoisotopic (exact) mass is 303 g/mol. The molecule has 0 aliphatic carbocycles. The topological polar surface area (TPSA) is 67.9 Å². The normalized spacial score (nSPS) is 12.2. The Hall–Kier alpha value is -1.84. The van der Waals surface area contributed by atoms with Crippen molar-refractivity contribution in [2.45, 2.75) is 18.6 Å².